The fourth-order valence-corrected chi connectivity index (χ4v) is 1.70. The highest BCUT2D eigenvalue weighted by Crippen LogP contribution is 2.23. The van der Waals surface area contributed by atoms with Gasteiger partial charge in [-0.25, -0.2) is 4.98 Å². The summed E-state index contributed by atoms with van der Waals surface area (Å²) in [6.45, 7) is 8.28. The summed E-state index contributed by atoms with van der Waals surface area (Å²) in [5.41, 5.74) is 8.98. The van der Waals surface area contributed by atoms with Gasteiger partial charge in [-0.15, -0.1) is 0 Å². The molecule has 1 aromatic heterocycles. The minimum absolute atomic E-state index is 0.308. The van der Waals surface area contributed by atoms with Crippen molar-refractivity contribution in [1.29, 1.82) is 0 Å². The number of nitrogens with two attached hydrogens (primary N) is 1. The van der Waals surface area contributed by atoms with Gasteiger partial charge in [-0.05, 0) is 31.5 Å². The second kappa shape index (κ2) is 3.59. The summed E-state index contributed by atoms with van der Waals surface area (Å²) in [7, 11) is 0. The van der Waals surface area contributed by atoms with E-state index >= 15 is 0 Å². The molecule has 0 spiro atoms. The molecule has 0 aliphatic rings. The summed E-state index contributed by atoms with van der Waals surface area (Å²) < 4.78 is 0. The molecule has 3 nitrogen and oxygen atoms in total. The van der Waals surface area contributed by atoms with Crippen LogP contribution in [-0.4, -0.2) is 9.97 Å². The lowest BCUT2D eigenvalue weighted by Gasteiger charge is -2.18. The summed E-state index contributed by atoms with van der Waals surface area (Å²) in [6, 6.07) is 6.17. The van der Waals surface area contributed by atoms with Gasteiger partial charge >= 0.3 is 0 Å². The Morgan fingerprint density at radius 1 is 1.31 bits per heavy atom. The van der Waals surface area contributed by atoms with Crippen LogP contribution in [0.2, 0.25) is 0 Å². The smallest absolute Gasteiger partial charge is 0.109 e. The number of nitrogens with zero attached hydrogens (tertiary/aromatic N) is 1. The van der Waals surface area contributed by atoms with Gasteiger partial charge in [-0.1, -0.05) is 19.9 Å². The number of rotatable bonds is 2. The van der Waals surface area contributed by atoms with Gasteiger partial charge in [0.1, 0.15) is 5.82 Å². The maximum atomic E-state index is 6.08. The third kappa shape index (κ3) is 1.95. The zero-order chi connectivity index (χ0) is 11.9. The van der Waals surface area contributed by atoms with Crippen LogP contribution in [0.15, 0.2) is 18.2 Å². The van der Waals surface area contributed by atoms with E-state index in [2.05, 4.69) is 29.9 Å². The first-order chi connectivity index (χ1) is 7.38. The van der Waals surface area contributed by atoms with Crippen molar-refractivity contribution in [3.63, 3.8) is 0 Å². The predicted molar refractivity (Wildman–Crippen MR) is 67.4 cm³/mol. The molecule has 1 aromatic carbocycles. The van der Waals surface area contributed by atoms with Crippen LogP contribution in [0.4, 0.5) is 0 Å². The van der Waals surface area contributed by atoms with Gasteiger partial charge in [0.25, 0.3) is 0 Å². The first-order valence-electron chi connectivity index (χ1n) is 5.67. The van der Waals surface area contributed by atoms with E-state index in [0.29, 0.717) is 5.92 Å². The molecule has 0 aliphatic heterocycles. The van der Waals surface area contributed by atoms with E-state index in [0.717, 1.165) is 22.4 Å². The Hall–Kier alpha value is -1.35. The quantitative estimate of drug-likeness (QED) is 0.812. The molecule has 3 N–H and O–H groups in total. The summed E-state index contributed by atoms with van der Waals surface area (Å²) in [4.78, 5) is 7.88. The molecular formula is C13H19N3. The second-order valence-electron chi connectivity index (χ2n) is 5.23. The molecule has 0 unspecified atom stereocenters. The number of nitrogens with one attached hydrogen (secondary N) is 1. The van der Waals surface area contributed by atoms with Gasteiger partial charge < -0.3 is 10.7 Å². The monoisotopic (exact) mass is 217 g/mol. The molecular weight excluding hydrogens is 198 g/mol. The van der Waals surface area contributed by atoms with Crippen molar-refractivity contribution in [2.75, 3.05) is 0 Å². The molecule has 0 fully saturated rings. The summed E-state index contributed by atoms with van der Waals surface area (Å²) in [5, 5.41) is 0. The van der Waals surface area contributed by atoms with Crippen molar-refractivity contribution >= 4 is 11.0 Å². The minimum Gasteiger partial charge on any atom is -0.342 e. The molecule has 0 amide bonds. The number of hydrogen-bond acceptors (Lipinski definition) is 2. The van der Waals surface area contributed by atoms with Crippen LogP contribution < -0.4 is 5.73 Å². The van der Waals surface area contributed by atoms with Gasteiger partial charge in [-0.3, -0.25) is 0 Å². The lowest BCUT2D eigenvalue weighted by Crippen LogP contribution is -2.28. The maximum absolute atomic E-state index is 6.08. The first kappa shape index (κ1) is 11.1. The van der Waals surface area contributed by atoms with Crippen LogP contribution in [0.3, 0.4) is 0 Å². The van der Waals surface area contributed by atoms with E-state index in [1.807, 2.05) is 26.0 Å². The molecule has 2 rings (SSSR count). The number of hydrogen-bond donors (Lipinski definition) is 2. The molecule has 2 aromatic rings. The normalized spacial score (nSPS) is 12.6. The molecule has 16 heavy (non-hydrogen) atoms. The second-order valence-corrected chi connectivity index (χ2v) is 5.23. The number of H-pyrrole nitrogens is 1. The number of fused-ring (bicyclic) bond motifs is 1. The Bertz CT molecular complexity index is 503. The molecule has 0 bridgehead atoms. The SMILES string of the molecule is CC(C)c1nc2ccc(C(C)(C)N)cc2[nH]1. The van der Waals surface area contributed by atoms with Crippen molar-refractivity contribution in [2.24, 2.45) is 5.73 Å². The molecule has 1 heterocycles. The largest absolute Gasteiger partial charge is 0.342 e. The highest BCUT2D eigenvalue weighted by molar-refractivity contribution is 5.76. The van der Waals surface area contributed by atoms with E-state index in [9.17, 15) is 0 Å². The lowest BCUT2D eigenvalue weighted by molar-refractivity contribution is 0.555. The molecule has 3 heteroatoms. The number of imidazole rings is 1. The molecule has 86 valence electrons. The van der Waals surface area contributed by atoms with Gasteiger partial charge in [0.15, 0.2) is 0 Å². The van der Waals surface area contributed by atoms with Gasteiger partial charge in [0.2, 0.25) is 0 Å². The van der Waals surface area contributed by atoms with E-state index in [1.165, 1.54) is 0 Å². The average Bonchev–Trinajstić information content (AvgIpc) is 2.58. The van der Waals surface area contributed by atoms with Crippen LogP contribution in [0.25, 0.3) is 11.0 Å². The zero-order valence-electron chi connectivity index (χ0n) is 10.3. The fourth-order valence-electron chi connectivity index (χ4n) is 1.70. The third-order valence-corrected chi connectivity index (χ3v) is 2.79. The average molecular weight is 217 g/mol. The Labute approximate surface area is 96.1 Å². The number of aromatic nitrogens is 2. The Morgan fingerprint density at radius 3 is 2.56 bits per heavy atom. The topological polar surface area (TPSA) is 54.7 Å². The Kier molecular flexibility index (Phi) is 2.50. The summed E-state index contributed by atoms with van der Waals surface area (Å²) in [6.07, 6.45) is 0. The summed E-state index contributed by atoms with van der Waals surface area (Å²) in [5.74, 6) is 1.45. The van der Waals surface area contributed by atoms with Gasteiger partial charge in [0.05, 0.1) is 11.0 Å². The van der Waals surface area contributed by atoms with Crippen LogP contribution in [0.1, 0.15) is 45.0 Å². The summed E-state index contributed by atoms with van der Waals surface area (Å²) >= 11 is 0. The number of benzene rings is 1. The van der Waals surface area contributed by atoms with E-state index in [4.69, 9.17) is 5.73 Å². The minimum atomic E-state index is -0.308. The highest BCUT2D eigenvalue weighted by Gasteiger charge is 2.15. The van der Waals surface area contributed by atoms with Crippen molar-refractivity contribution in [2.45, 2.75) is 39.2 Å². The van der Waals surface area contributed by atoms with Crippen LogP contribution in [0, 0.1) is 0 Å². The van der Waals surface area contributed by atoms with Crippen LogP contribution in [0.5, 0.6) is 0 Å². The third-order valence-electron chi connectivity index (χ3n) is 2.79. The first-order valence-corrected chi connectivity index (χ1v) is 5.67. The molecule has 0 saturated heterocycles. The molecule has 0 aliphatic carbocycles. The van der Waals surface area contributed by atoms with E-state index in [1.54, 1.807) is 0 Å². The fraction of sp³-hybridized carbons (Fsp3) is 0.462. The van der Waals surface area contributed by atoms with E-state index in [-0.39, 0.29) is 5.54 Å². The van der Waals surface area contributed by atoms with Gasteiger partial charge in [0, 0.05) is 11.5 Å². The van der Waals surface area contributed by atoms with Crippen molar-refractivity contribution in [1.82, 2.24) is 9.97 Å². The van der Waals surface area contributed by atoms with Crippen molar-refractivity contribution < 1.29 is 0 Å². The molecule has 0 saturated carbocycles. The predicted octanol–water partition coefficient (Wildman–Crippen LogP) is 2.88. The number of aromatic amines is 1. The molecule has 0 atom stereocenters. The maximum Gasteiger partial charge on any atom is 0.109 e. The van der Waals surface area contributed by atoms with E-state index < -0.39 is 0 Å². The van der Waals surface area contributed by atoms with Crippen molar-refractivity contribution in [3.05, 3.63) is 29.6 Å². The Balaban J connectivity index is 2.54. The van der Waals surface area contributed by atoms with Crippen molar-refractivity contribution in [3.8, 4) is 0 Å². The van der Waals surface area contributed by atoms with Gasteiger partial charge in [-0.2, -0.15) is 0 Å². The van der Waals surface area contributed by atoms with Crippen LogP contribution in [-0.2, 0) is 5.54 Å². The highest BCUT2D eigenvalue weighted by atomic mass is 14.9. The molecule has 0 radical (unpaired) electrons. The van der Waals surface area contributed by atoms with Crippen LogP contribution >= 0.6 is 0 Å². The lowest BCUT2D eigenvalue weighted by atomic mass is 9.95. The Morgan fingerprint density at radius 2 is 2.00 bits per heavy atom. The zero-order valence-corrected chi connectivity index (χ0v) is 10.3. The standard InChI is InChI=1S/C13H19N3/c1-8(2)12-15-10-6-5-9(13(3,4)14)7-11(10)16-12/h5-8H,14H2,1-4H3,(H,15,16).